The van der Waals surface area contributed by atoms with E-state index in [1.807, 2.05) is 62.4 Å². The first kappa shape index (κ1) is 21.8. The van der Waals surface area contributed by atoms with Crippen molar-refractivity contribution >= 4 is 17.5 Å². The monoisotopic (exact) mass is 414 g/mol. The second-order valence-electron chi connectivity index (χ2n) is 7.85. The standard InChI is InChI=1S/C23H30N2O3S/c1-23(2,25-14-12-24(3)13-15-25)22(27)18-4-8-20(9-5-18)29-21-10-6-19(7-11-21)28-17-16-26/h4-11,26H,12-17H2,1-3H3. The lowest BCUT2D eigenvalue weighted by molar-refractivity contribution is 0.0463. The summed E-state index contributed by atoms with van der Waals surface area (Å²) in [4.78, 5) is 19.9. The summed E-state index contributed by atoms with van der Waals surface area (Å²) in [6.07, 6.45) is 0. The molecule has 1 heterocycles. The fourth-order valence-corrected chi connectivity index (χ4v) is 4.26. The van der Waals surface area contributed by atoms with E-state index in [1.165, 1.54) is 0 Å². The predicted molar refractivity (Wildman–Crippen MR) is 117 cm³/mol. The second kappa shape index (κ2) is 9.76. The van der Waals surface area contributed by atoms with E-state index < -0.39 is 5.54 Å². The third kappa shape index (κ3) is 5.60. The van der Waals surface area contributed by atoms with E-state index in [-0.39, 0.29) is 12.4 Å². The normalized spacial score (nSPS) is 16.0. The Hall–Kier alpha value is -1.86. The first-order valence-electron chi connectivity index (χ1n) is 10.00. The van der Waals surface area contributed by atoms with Gasteiger partial charge >= 0.3 is 0 Å². The molecule has 1 aliphatic rings. The minimum Gasteiger partial charge on any atom is -0.491 e. The lowest BCUT2D eigenvalue weighted by Crippen LogP contribution is -2.57. The Bertz CT molecular complexity index is 798. The maximum Gasteiger partial charge on any atom is 0.182 e. The van der Waals surface area contributed by atoms with Crippen molar-refractivity contribution in [2.24, 2.45) is 0 Å². The zero-order valence-electron chi connectivity index (χ0n) is 17.4. The predicted octanol–water partition coefficient (Wildman–Crippen LogP) is 3.42. The molecule has 0 aliphatic carbocycles. The van der Waals surface area contributed by atoms with Crippen LogP contribution in [0.3, 0.4) is 0 Å². The molecular formula is C23H30N2O3S. The smallest absolute Gasteiger partial charge is 0.182 e. The third-order valence-corrected chi connectivity index (χ3v) is 6.40. The quantitative estimate of drug-likeness (QED) is 0.668. The van der Waals surface area contributed by atoms with Crippen LogP contribution in [0.2, 0.25) is 0 Å². The average molecular weight is 415 g/mol. The molecule has 0 aromatic heterocycles. The Labute approximate surface area is 177 Å². The molecule has 1 aliphatic heterocycles. The fourth-order valence-electron chi connectivity index (χ4n) is 3.44. The molecular weight excluding hydrogens is 384 g/mol. The van der Waals surface area contributed by atoms with Gasteiger partial charge < -0.3 is 14.7 Å². The van der Waals surface area contributed by atoms with Crippen LogP contribution >= 0.6 is 11.8 Å². The summed E-state index contributed by atoms with van der Waals surface area (Å²) in [7, 11) is 2.12. The number of hydrogen-bond acceptors (Lipinski definition) is 6. The van der Waals surface area contributed by atoms with Gasteiger partial charge in [0.1, 0.15) is 12.4 Å². The molecule has 3 rings (SSSR count). The summed E-state index contributed by atoms with van der Waals surface area (Å²) in [5.41, 5.74) is 0.256. The van der Waals surface area contributed by atoms with Gasteiger partial charge in [-0.15, -0.1) is 0 Å². The van der Waals surface area contributed by atoms with Crippen LogP contribution in [0.15, 0.2) is 58.3 Å². The number of ketones is 1. The number of aliphatic hydroxyl groups excluding tert-OH is 1. The number of Topliss-reactive ketones (excluding diaryl/α,β-unsaturated/α-hetero) is 1. The lowest BCUT2D eigenvalue weighted by Gasteiger charge is -2.42. The molecule has 1 saturated heterocycles. The largest absolute Gasteiger partial charge is 0.491 e. The molecule has 1 fully saturated rings. The average Bonchev–Trinajstić information content (AvgIpc) is 2.73. The van der Waals surface area contributed by atoms with Gasteiger partial charge in [-0.3, -0.25) is 9.69 Å². The fraction of sp³-hybridized carbons (Fsp3) is 0.435. The van der Waals surface area contributed by atoms with E-state index in [1.54, 1.807) is 11.8 Å². The maximum absolute atomic E-state index is 13.1. The van der Waals surface area contributed by atoms with Crippen molar-refractivity contribution in [1.29, 1.82) is 0 Å². The molecule has 1 N–H and O–H groups in total. The van der Waals surface area contributed by atoms with E-state index in [9.17, 15) is 4.79 Å². The number of carbonyl (C=O) groups excluding carboxylic acids is 1. The first-order chi connectivity index (χ1) is 13.9. The van der Waals surface area contributed by atoms with Gasteiger partial charge in [0.2, 0.25) is 0 Å². The van der Waals surface area contributed by atoms with Crippen LogP contribution in [0.5, 0.6) is 5.75 Å². The summed E-state index contributed by atoms with van der Waals surface area (Å²) in [6, 6.07) is 15.7. The molecule has 29 heavy (non-hydrogen) atoms. The van der Waals surface area contributed by atoms with Crippen molar-refractivity contribution < 1.29 is 14.6 Å². The van der Waals surface area contributed by atoms with Gasteiger partial charge in [-0.2, -0.15) is 0 Å². The highest BCUT2D eigenvalue weighted by atomic mass is 32.2. The van der Waals surface area contributed by atoms with Crippen molar-refractivity contribution in [2.45, 2.75) is 29.2 Å². The molecule has 0 unspecified atom stereocenters. The number of piperazine rings is 1. The summed E-state index contributed by atoms with van der Waals surface area (Å²) in [6.45, 7) is 8.20. The molecule has 2 aromatic carbocycles. The van der Waals surface area contributed by atoms with Gasteiger partial charge in [-0.25, -0.2) is 0 Å². The zero-order valence-corrected chi connectivity index (χ0v) is 18.2. The molecule has 6 heteroatoms. The van der Waals surface area contributed by atoms with Crippen molar-refractivity contribution in [3.63, 3.8) is 0 Å². The van der Waals surface area contributed by atoms with Crippen LogP contribution in [0.25, 0.3) is 0 Å². The van der Waals surface area contributed by atoms with Crippen molar-refractivity contribution in [3.05, 3.63) is 54.1 Å². The van der Waals surface area contributed by atoms with Crippen LogP contribution in [0.1, 0.15) is 24.2 Å². The van der Waals surface area contributed by atoms with Gasteiger partial charge in [-0.05, 0) is 57.3 Å². The minimum absolute atomic E-state index is 0.00713. The summed E-state index contributed by atoms with van der Waals surface area (Å²) < 4.78 is 5.39. The third-order valence-electron chi connectivity index (χ3n) is 5.39. The van der Waals surface area contributed by atoms with Crippen molar-refractivity contribution in [2.75, 3.05) is 46.4 Å². The van der Waals surface area contributed by atoms with E-state index in [0.717, 1.165) is 47.3 Å². The number of ether oxygens (including phenoxy) is 1. The molecule has 5 nitrogen and oxygen atoms in total. The Kier molecular flexibility index (Phi) is 7.35. The highest BCUT2D eigenvalue weighted by Crippen LogP contribution is 2.30. The molecule has 0 spiro atoms. The Morgan fingerprint density at radius 2 is 1.55 bits per heavy atom. The first-order valence-corrected chi connectivity index (χ1v) is 10.8. The van der Waals surface area contributed by atoms with Crippen LogP contribution in [-0.4, -0.2) is 72.7 Å². The number of likely N-dealkylation sites (N-methyl/N-ethyl adjacent to an activating group) is 1. The Morgan fingerprint density at radius 1 is 1.00 bits per heavy atom. The van der Waals surface area contributed by atoms with Gasteiger partial charge in [0, 0.05) is 41.5 Å². The Morgan fingerprint density at radius 3 is 2.10 bits per heavy atom. The molecule has 0 atom stereocenters. The summed E-state index contributed by atoms with van der Waals surface area (Å²) in [5, 5.41) is 8.82. The van der Waals surface area contributed by atoms with Crippen LogP contribution < -0.4 is 4.74 Å². The van der Waals surface area contributed by atoms with E-state index in [4.69, 9.17) is 9.84 Å². The van der Waals surface area contributed by atoms with Crippen molar-refractivity contribution in [3.8, 4) is 5.75 Å². The van der Waals surface area contributed by atoms with E-state index in [0.29, 0.717) is 6.61 Å². The lowest BCUT2D eigenvalue weighted by atomic mass is 9.90. The zero-order chi connectivity index (χ0) is 20.9. The number of aliphatic hydroxyl groups is 1. The van der Waals surface area contributed by atoms with Gasteiger partial charge in [0.05, 0.1) is 12.1 Å². The van der Waals surface area contributed by atoms with E-state index in [2.05, 4.69) is 16.8 Å². The number of carbonyl (C=O) groups is 1. The molecule has 0 saturated carbocycles. The summed E-state index contributed by atoms with van der Waals surface area (Å²) in [5.74, 6) is 0.916. The molecule has 0 amide bonds. The molecule has 2 aromatic rings. The summed E-state index contributed by atoms with van der Waals surface area (Å²) >= 11 is 1.64. The highest BCUT2D eigenvalue weighted by Gasteiger charge is 2.36. The molecule has 156 valence electrons. The molecule has 0 radical (unpaired) electrons. The van der Waals surface area contributed by atoms with Crippen LogP contribution in [-0.2, 0) is 0 Å². The maximum atomic E-state index is 13.1. The number of nitrogens with zero attached hydrogens (tertiary/aromatic N) is 2. The Balaban J connectivity index is 1.62. The van der Waals surface area contributed by atoms with Crippen LogP contribution in [0.4, 0.5) is 0 Å². The number of hydrogen-bond donors (Lipinski definition) is 1. The second-order valence-corrected chi connectivity index (χ2v) is 9.00. The number of benzene rings is 2. The van der Waals surface area contributed by atoms with Crippen LogP contribution in [0, 0.1) is 0 Å². The minimum atomic E-state index is -0.500. The number of rotatable bonds is 8. The SMILES string of the molecule is CN1CCN(C(C)(C)C(=O)c2ccc(Sc3ccc(OCCO)cc3)cc2)CC1. The van der Waals surface area contributed by atoms with Gasteiger partial charge in [0.15, 0.2) is 5.78 Å². The highest BCUT2D eigenvalue weighted by molar-refractivity contribution is 7.99. The van der Waals surface area contributed by atoms with Gasteiger partial charge in [-0.1, -0.05) is 23.9 Å². The molecule has 0 bridgehead atoms. The van der Waals surface area contributed by atoms with Gasteiger partial charge in [0.25, 0.3) is 0 Å². The van der Waals surface area contributed by atoms with Crippen molar-refractivity contribution in [1.82, 2.24) is 9.80 Å². The topological polar surface area (TPSA) is 53.0 Å². The van der Waals surface area contributed by atoms with E-state index >= 15 is 0 Å².